The maximum Gasteiger partial charge on any atom is 0.336 e. The lowest BCUT2D eigenvalue weighted by atomic mass is 10.0. The Morgan fingerprint density at radius 1 is 0.800 bits per heavy atom. The van der Waals surface area contributed by atoms with Crippen molar-refractivity contribution >= 4 is 34.4 Å². The first kappa shape index (κ1) is 17.8. The molecule has 0 radical (unpaired) electrons. The fraction of sp³-hybridized carbons (Fsp3) is 0. The largest absolute Gasteiger partial charge is 0.478 e. The lowest BCUT2D eigenvalue weighted by Crippen LogP contribution is -2.29. The number of carbonyl (C=O) groups excluding carboxylic acids is 2. The number of benzene rings is 3. The molecular weight excluding hydrogens is 380 g/mol. The smallest absolute Gasteiger partial charge is 0.336 e. The number of aromatic carboxylic acids is 1. The first-order valence-corrected chi connectivity index (χ1v) is 9.26. The van der Waals surface area contributed by atoms with Crippen LogP contribution in [0.15, 0.2) is 78.9 Å². The number of nitrogens with zero attached hydrogens (tertiary/aromatic N) is 2. The van der Waals surface area contributed by atoms with Crippen molar-refractivity contribution in [1.82, 2.24) is 4.98 Å². The lowest BCUT2D eigenvalue weighted by Gasteiger charge is -2.15. The molecule has 4 aromatic rings. The summed E-state index contributed by atoms with van der Waals surface area (Å²) < 4.78 is 0. The zero-order valence-electron chi connectivity index (χ0n) is 15.6. The van der Waals surface area contributed by atoms with E-state index in [0.717, 1.165) is 4.90 Å². The van der Waals surface area contributed by atoms with Gasteiger partial charge in [0.1, 0.15) is 0 Å². The van der Waals surface area contributed by atoms with E-state index in [-0.39, 0.29) is 17.4 Å². The van der Waals surface area contributed by atoms with Crippen LogP contribution in [-0.4, -0.2) is 27.9 Å². The van der Waals surface area contributed by atoms with Crippen molar-refractivity contribution in [2.24, 2.45) is 0 Å². The fourth-order valence-corrected chi connectivity index (χ4v) is 3.73. The van der Waals surface area contributed by atoms with Crippen molar-refractivity contribution in [2.75, 3.05) is 4.90 Å². The Hall–Kier alpha value is -4.32. The number of pyridine rings is 1. The number of para-hydroxylation sites is 1. The number of anilines is 1. The molecule has 0 bridgehead atoms. The van der Waals surface area contributed by atoms with Gasteiger partial charge in [0.25, 0.3) is 11.8 Å². The van der Waals surface area contributed by atoms with Crippen LogP contribution in [0.2, 0.25) is 0 Å². The van der Waals surface area contributed by atoms with Crippen LogP contribution in [-0.2, 0) is 0 Å². The van der Waals surface area contributed by atoms with Gasteiger partial charge in [0.2, 0.25) is 0 Å². The van der Waals surface area contributed by atoms with Crippen molar-refractivity contribution in [3.63, 3.8) is 0 Å². The topological polar surface area (TPSA) is 87.6 Å². The Bertz CT molecular complexity index is 1340. The molecule has 1 N–H and O–H groups in total. The van der Waals surface area contributed by atoms with Crippen molar-refractivity contribution in [2.45, 2.75) is 0 Å². The zero-order valence-corrected chi connectivity index (χ0v) is 15.6. The predicted octanol–water partition coefficient (Wildman–Crippen LogP) is 4.40. The van der Waals surface area contributed by atoms with Gasteiger partial charge < -0.3 is 5.11 Å². The Morgan fingerprint density at radius 2 is 1.47 bits per heavy atom. The third kappa shape index (κ3) is 2.66. The van der Waals surface area contributed by atoms with Gasteiger partial charge in [-0.15, -0.1) is 0 Å². The molecule has 6 heteroatoms. The van der Waals surface area contributed by atoms with Gasteiger partial charge in [-0.05, 0) is 36.4 Å². The van der Waals surface area contributed by atoms with Crippen LogP contribution >= 0.6 is 0 Å². The molecule has 0 spiro atoms. The van der Waals surface area contributed by atoms with Crippen LogP contribution in [0.4, 0.5) is 5.69 Å². The van der Waals surface area contributed by atoms with Gasteiger partial charge in [-0.25, -0.2) is 14.7 Å². The van der Waals surface area contributed by atoms with E-state index >= 15 is 0 Å². The third-order valence-electron chi connectivity index (χ3n) is 5.14. The van der Waals surface area contributed by atoms with Gasteiger partial charge in [0.05, 0.1) is 33.6 Å². The van der Waals surface area contributed by atoms with Crippen LogP contribution in [0.25, 0.3) is 22.2 Å². The van der Waals surface area contributed by atoms with E-state index in [1.165, 1.54) is 6.07 Å². The van der Waals surface area contributed by atoms with E-state index in [1.54, 1.807) is 72.8 Å². The van der Waals surface area contributed by atoms with E-state index in [0.29, 0.717) is 39.0 Å². The molecule has 1 aliphatic heterocycles. The minimum Gasteiger partial charge on any atom is -0.478 e. The summed E-state index contributed by atoms with van der Waals surface area (Å²) in [5.74, 6) is -1.82. The molecular formula is C24H14N2O4. The van der Waals surface area contributed by atoms with Crippen molar-refractivity contribution in [3.05, 3.63) is 95.6 Å². The Labute approximate surface area is 171 Å². The van der Waals surface area contributed by atoms with Gasteiger partial charge in [-0.3, -0.25) is 9.59 Å². The molecule has 30 heavy (non-hydrogen) atoms. The summed E-state index contributed by atoms with van der Waals surface area (Å²) in [4.78, 5) is 43.0. The summed E-state index contributed by atoms with van der Waals surface area (Å²) in [5.41, 5.74) is 2.89. The summed E-state index contributed by atoms with van der Waals surface area (Å²) in [5, 5.41) is 10.2. The molecule has 1 aromatic heterocycles. The SMILES string of the molecule is O=C(O)c1cc(-c2cccc(N3C(=O)c4ccccc4C3=O)c2)nc2ccccc12. The maximum absolute atomic E-state index is 12.8. The number of hydrogen-bond acceptors (Lipinski definition) is 4. The van der Waals surface area contributed by atoms with E-state index < -0.39 is 5.97 Å². The van der Waals surface area contributed by atoms with E-state index in [2.05, 4.69) is 4.98 Å². The molecule has 3 aromatic carbocycles. The second-order valence-electron chi connectivity index (χ2n) is 6.92. The fourth-order valence-electron chi connectivity index (χ4n) is 3.73. The second kappa shape index (κ2) is 6.63. The number of carboxylic acid groups (broad SMARTS) is 1. The third-order valence-corrected chi connectivity index (χ3v) is 5.14. The van der Waals surface area contributed by atoms with E-state index in [9.17, 15) is 19.5 Å². The van der Waals surface area contributed by atoms with Crippen molar-refractivity contribution < 1.29 is 19.5 Å². The first-order chi connectivity index (χ1) is 14.5. The highest BCUT2D eigenvalue weighted by Crippen LogP contribution is 2.32. The molecule has 2 amide bonds. The van der Waals surface area contributed by atoms with Gasteiger partial charge in [0.15, 0.2) is 0 Å². The number of rotatable bonds is 3. The zero-order chi connectivity index (χ0) is 20.8. The average Bonchev–Trinajstić information content (AvgIpc) is 3.03. The number of carbonyl (C=O) groups is 3. The highest BCUT2D eigenvalue weighted by atomic mass is 16.4. The monoisotopic (exact) mass is 394 g/mol. The molecule has 0 atom stereocenters. The first-order valence-electron chi connectivity index (χ1n) is 9.26. The second-order valence-corrected chi connectivity index (χ2v) is 6.92. The number of imide groups is 1. The lowest BCUT2D eigenvalue weighted by molar-refractivity contribution is 0.0698. The Morgan fingerprint density at radius 3 is 2.17 bits per heavy atom. The average molecular weight is 394 g/mol. The highest BCUT2D eigenvalue weighted by Gasteiger charge is 2.36. The molecule has 0 aliphatic carbocycles. The van der Waals surface area contributed by atoms with Gasteiger partial charge >= 0.3 is 5.97 Å². The predicted molar refractivity (Wildman–Crippen MR) is 112 cm³/mol. The van der Waals surface area contributed by atoms with E-state index in [4.69, 9.17) is 0 Å². The van der Waals surface area contributed by atoms with Crippen LogP contribution < -0.4 is 4.90 Å². The van der Waals surface area contributed by atoms with E-state index in [1.807, 2.05) is 0 Å². The highest BCUT2D eigenvalue weighted by molar-refractivity contribution is 6.34. The number of fused-ring (bicyclic) bond motifs is 2. The van der Waals surface area contributed by atoms with Crippen LogP contribution in [0.5, 0.6) is 0 Å². The van der Waals surface area contributed by atoms with Gasteiger partial charge in [-0.1, -0.05) is 42.5 Å². The Balaban J connectivity index is 1.63. The summed E-state index contributed by atoms with van der Waals surface area (Å²) in [7, 11) is 0. The molecule has 0 saturated carbocycles. The number of carboxylic acids is 1. The minimum atomic E-state index is -1.05. The summed E-state index contributed by atoms with van der Waals surface area (Å²) in [6.45, 7) is 0. The Kier molecular flexibility index (Phi) is 3.93. The molecule has 0 unspecified atom stereocenters. The number of amides is 2. The summed E-state index contributed by atoms with van der Waals surface area (Å²) in [6, 6.07) is 22.0. The van der Waals surface area contributed by atoms with Gasteiger partial charge in [-0.2, -0.15) is 0 Å². The molecule has 5 rings (SSSR count). The van der Waals surface area contributed by atoms with Crippen LogP contribution in [0, 0.1) is 0 Å². The van der Waals surface area contributed by atoms with Crippen LogP contribution in [0.3, 0.4) is 0 Å². The number of hydrogen-bond donors (Lipinski definition) is 1. The summed E-state index contributed by atoms with van der Waals surface area (Å²) in [6.07, 6.45) is 0. The standard InChI is InChI=1S/C24H14N2O4/c27-22-17-9-1-2-10-18(17)23(28)26(22)15-7-5-6-14(12-15)21-13-19(24(29)30)16-8-3-4-11-20(16)25-21/h1-13H,(H,29,30). The van der Waals surface area contributed by atoms with Gasteiger partial charge in [0, 0.05) is 10.9 Å². The van der Waals surface area contributed by atoms with Crippen molar-refractivity contribution in [3.8, 4) is 11.3 Å². The molecule has 1 aliphatic rings. The number of aromatic nitrogens is 1. The van der Waals surface area contributed by atoms with Crippen LogP contribution in [0.1, 0.15) is 31.1 Å². The molecule has 0 fully saturated rings. The molecule has 2 heterocycles. The normalized spacial score (nSPS) is 13.0. The summed E-state index contributed by atoms with van der Waals surface area (Å²) >= 11 is 0. The quantitative estimate of drug-likeness (QED) is 0.521. The molecule has 144 valence electrons. The molecule has 6 nitrogen and oxygen atoms in total. The maximum atomic E-state index is 12.8. The molecule has 0 saturated heterocycles. The van der Waals surface area contributed by atoms with Crippen molar-refractivity contribution in [1.29, 1.82) is 0 Å². The minimum absolute atomic E-state index is 0.140.